The normalized spacial score (nSPS) is 14.4. The van der Waals surface area contributed by atoms with Gasteiger partial charge in [-0.2, -0.15) is 0 Å². The van der Waals surface area contributed by atoms with Crippen LogP contribution in [-0.4, -0.2) is 19.0 Å². The molecule has 1 aromatic rings. The number of hydrogen-bond donors (Lipinski definition) is 1. The number of nitrogens with one attached hydrogen (secondary N) is 1. The van der Waals surface area contributed by atoms with Crippen molar-refractivity contribution in [2.24, 2.45) is 0 Å². The number of halogens is 1. The third kappa shape index (κ3) is 2.54. The standard InChI is InChI=1S/C21H14FNO3/c1-26-21(25)18-10-12(14-5-3-2-4-6-15(14)18)9-17-16-11-13(22)7-8-19(16)23-20(17)24/h2-11H,1H3,(H,23,24). The first kappa shape index (κ1) is 16.0. The van der Waals surface area contributed by atoms with Crippen molar-refractivity contribution in [1.29, 1.82) is 0 Å². The molecule has 0 bridgehead atoms. The Morgan fingerprint density at radius 2 is 1.81 bits per heavy atom. The van der Waals surface area contributed by atoms with Crippen molar-refractivity contribution in [1.82, 2.24) is 0 Å². The Balaban J connectivity index is 1.92. The SMILES string of the molecule is COC(=O)c1cc(C=C2C(=O)Nc3ccc(F)cc32)c2cccccc1-2. The van der Waals surface area contributed by atoms with Crippen LogP contribution in [0.4, 0.5) is 10.1 Å². The summed E-state index contributed by atoms with van der Waals surface area (Å²) in [5.41, 5.74) is 4.07. The Kier molecular flexibility index (Phi) is 3.77. The highest BCUT2D eigenvalue weighted by molar-refractivity contribution is 6.35. The van der Waals surface area contributed by atoms with E-state index in [9.17, 15) is 14.0 Å². The third-order valence-electron chi connectivity index (χ3n) is 4.41. The molecule has 1 N–H and O–H groups in total. The maximum Gasteiger partial charge on any atom is 0.338 e. The van der Waals surface area contributed by atoms with Gasteiger partial charge in [0.1, 0.15) is 5.82 Å². The van der Waals surface area contributed by atoms with Crippen LogP contribution in [0, 0.1) is 5.82 Å². The fourth-order valence-electron chi connectivity index (χ4n) is 3.20. The fraction of sp³-hybridized carbons (Fsp3) is 0.0476. The van der Waals surface area contributed by atoms with E-state index in [0.717, 1.165) is 11.1 Å². The van der Waals surface area contributed by atoms with Crippen LogP contribution in [0.3, 0.4) is 0 Å². The van der Waals surface area contributed by atoms with Crippen LogP contribution in [0.25, 0.3) is 22.8 Å². The van der Waals surface area contributed by atoms with Gasteiger partial charge in [0, 0.05) is 16.8 Å². The van der Waals surface area contributed by atoms with Crippen LogP contribution in [0.1, 0.15) is 21.5 Å². The van der Waals surface area contributed by atoms with Gasteiger partial charge in [0.25, 0.3) is 5.91 Å². The largest absolute Gasteiger partial charge is 0.465 e. The fourth-order valence-corrected chi connectivity index (χ4v) is 3.20. The highest BCUT2D eigenvalue weighted by Gasteiger charge is 2.26. The molecule has 2 aliphatic carbocycles. The molecule has 1 amide bonds. The van der Waals surface area contributed by atoms with Gasteiger partial charge in [-0.3, -0.25) is 4.79 Å². The summed E-state index contributed by atoms with van der Waals surface area (Å²) in [5, 5.41) is 2.72. The summed E-state index contributed by atoms with van der Waals surface area (Å²) in [7, 11) is 1.33. The summed E-state index contributed by atoms with van der Waals surface area (Å²) in [6, 6.07) is 15.1. The molecule has 1 aromatic carbocycles. The molecule has 4 rings (SSSR count). The van der Waals surface area contributed by atoms with Crippen molar-refractivity contribution in [3.05, 3.63) is 77.1 Å². The molecule has 3 aliphatic rings. The monoisotopic (exact) mass is 347 g/mol. The molecule has 0 fully saturated rings. The van der Waals surface area contributed by atoms with Crippen molar-refractivity contribution in [3.8, 4) is 11.1 Å². The Bertz CT molecular complexity index is 1050. The average Bonchev–Trinajstić information content (AvgIpc) is 3.00. The highest BCUT2D eigenvalue weighted by atomic mass is 19.1. The quantitative estimate of drug-likeness (QED) is 0.558. The predicted octanol–water partition coefficient (Wildman–Crippen LogP) is 4.21. The number of anilines is 1. The number of esters is 1. The van der Waals surface area contributed by atoms with E-state index in [2.05, 4.69) is 5.32 Å². The van der Waals surface area contributed by atoms with Gasteiger partial charge in [0.05, 0.1) is 12.7 Å². The predicted molar refractivity (Wildman–Crippen MR) is 97.3 cm³/mol. The number of amides is 1. The number of methoxy groups -OCH3 is 1. The highest BCUT2D eigenvalue weighted by Crippen LogP contribution is 2.38. The molecule has 0 saturated heterocycles. The molecule has 0 saturated carbocycles. The second-order valence-electron chi connectivity index (χ2n) is 5.95. The minimum absolute atomic E-state index is 0.306. The van der Waals surface area contributed by atoms with Gasteiger partial charge in [-0.05, 0) is 47.0 Å². The van der Waals surface area contributed by atoms with Crippen molar-refractivity contribution >= 4 is 29.2 Å². The number of ether oxygens (including phenoxy) is 1. The molecule has 26 heavy (non-hydrogen) atoms. The maximum absolute atomic E-state index is 13.6. The van der Waals surface area contributed by atoms with Gasteiger partial charge < -0.3 is 10.1 Å². The van der Waals surface area contributed by atoms with E-state index < -0.39 is 11.8 Å². The minimum Gasteiger partial charge on any atom is -0.465 e. The van der Waals surface area contributed by atoms with E-state index in [1.807, 2.05) is 30.3 Å². The zero-order chi connectivity index (χ0) is 18.3. The molecule has 1 aliphatic heterocycles. The summed E-state index contributed by atoms with van der Waals surface area (Å²) in [6.07, 6.45) is 1.68. The van der Waals surface area contributed by atoms with Crippen molar-refractivity contribution < 1.29 is 18.7 Å². The summed E-state index contributed by atoms with van der Waals surface area (Å²) in [4.78, 5) is 24.5. The van der Waals surface area contributed by atoms with E-state index in [4.69, 9.17) is 4.74 Å². The van der Waals surface area contributed by atoms with Crippen LogP contribution in [-0.2, 0) is 9.53 Å². The number of carbonyl (C=O) groups excluding carboxylic acids is 2. The minimum atomic E-state index is -0.451. The molecule has 0 atom stereocenters. The van der Waals surface area contributed by atoms with Crippen molar-refractivity contribution in [2.45, 2.75) is 0 Å². The Morgan fingerprint density at radius 1 is 1.04 bits per heavy atom. The van der Waals surface area contributed by atoms with E-state index >= 15 is 0 Å². The van der Waals surface area contributed by atoms with Gasteiger partial charge in [0.15, 0.2) is 0 Å². The molecule has 1 heterocycles. The van der Waals surface area contributed by atoms with Crippen LogP contribution >= 0.6 is 0 Å². The van der Waals surface area contributed by atoms with Gasteiger partial charge in [-0.25, -0.2) is 9.18 Å². The maximum atomic E-state index is 13.6. The lowest BCUT2D eigenvalue weighted by Gasteiger charge is -2.00. The summed E-state index contributed by atoms with van der Waals surface area (Å²) in [6.45, 7) is 0. The summed E-state index contributed by atoms with van der Waals surface area (Å²) in [5.74, 6) is -1.17. The van der Waals surface area contributed by atoms with Crippen LogP contribution in [0.15, 0.2) is 54.6 Å². The summed E-state index contributed by atoms with van der Waals surface area (Å²) < 4.78 is 18.5. The van der Waals surface area contributed by atoms with Crippen LogP contribution in [0.2, 0.25) is 0 Å². The Morgan fingerprint density at radius 3 is 2.58 bits per heavy atom. The summed E-state index contributed by atoms with van der Waals surface area (Å²) >= 11 is 0. The van der Waals surface area contributed by atoms with Crippen LogP contribution in [0.5, 0.6) is 0 Å². The number of benzene rings is 1. The Hall–Kier alpha value is -3.47. The zero-order valence-corrected chi connectivity index (χ0v) is 13.9. The number of fused-ring (bicyclic) bond motifs is 2. The first-order valence-corrected chi connectivity index (χ1v) is 8.01. The van der Waals surface area contributed by atoms with Gasteiger partial charge in [-0.15, -0.1) is 0 Å². The molecular weight excluding hydrogens is 333 g/mol. The lowest BCUT2D eigenvalue weighted by Crippen LogP contribution is -2.03. The zero-order valence-electron chi connectivity index (χ0n) is 13.9. The number of rotatable bonds is 2. The lowest BCUT2D eigenvalue weighted by molar-refractivity contribution is -0.110. The molecule has 5 heteroatoms. The van der Waals surface area contributed by atoms with Crippen LogP contribution < -0.4 is 5.32 Å². The molecule has 0 radical (unpaired) electrons. The molecule has 0 spiro atoms. The number of hydrogen-bond acceptors (Lipinski definition) is 3. The van der Waals surface area contributed by atoms with E-state index in [0.29, 0.717) is 28.0 Å². The molecule has 0 aromatic heterocycles. The van der Waals surface area contributed by atoms with Gasteiger partial charge >= 0.3 is 5.97 Å². The first-order chi connectivity index (χ1) is 12.6. The first-order valence-electron chi connectivity index (χ1n) is 8.01. The topological polar surface area (TPSA) is 55.4 Å². The number of carbonyl (C=O) groups is 2. The smallest absolute Gasteiger partial charge is 0.338 e. The van der Waals surface area contributed by atoms with E-state index in [-0.39, 0.29) is 5.91 Å². The van der Waals surface area contributed by atoms with E-state index in [1.165, 1.54) is 25.3 Å². The molecule has 4 nitrogen and oxygen atoms in total. The molecule has 128 valence electrons. The Labute approximate surface area is 149 Å². The average molecular weight is 347 g/mol. The van der Waals surface area contributed by atoms with Gasteiger partial charge in [0.2, 0.25) is 0 Å². The van der Waals surface area contributed by atoms with Gasteiger partial charge in [-0.1, -0.05) is 30.3 Å². The van der Waals surface area contributed by atoms with Crippen molar-refractivity contribution in [3.63, 3.8) is 0 Å². The molecular formula is C21H14FNO3. The van der Waals surface area contributed by atoms with Crippen molar-refractivity contribution in [2.75, 3.05) is 12.4 Å². The lowest BCUT2D eigenvalue weighted by atomic mass is 10.0. The second kappa shape index (κ2) is 6.11. The third-order valence-corrected chi connectivity index (χ3v) is 4.41. The van der Waals surface area contributed by atoms with E-state index in [1.54, 1.807) is 12.1 Å². The molecule has 0 unspecified atom stereocenters. The second-order valence-corrected chi connectivity index (χ2v) is 5.95.